The number of fused-ring (bicyclic) bond motifs is 3. The van der Waals surface area contributed by atoms with Gasteiger partial charge in [-0.05, 0) is 12.1 Å². The smallest absolute Gasteiger partial charge is 0.150 e. The third-order valence-electron chi connectivity index (χ3n) is 4.10. The Morgan fingerprint density at radius 2 is 2.00 bits per heavy atom. The number of β-amino-alcohol motifs (C(OH)–C–C–N with tert-alkyl or cyclic N) is 1. The van der Waals surface area contributed by atoms with Crippen LogP contribution in [0.2, 0.25) is 0 Å². The van der Waals surface area contributed by atoms with Crippen LogP contribution in [-0.4, -0.2) is 64.3 Å². The highest BCUT2D eigenvalue weighted by Gasteiger charge is 2.21. The molecule has 4 rings (SSSR count). The van der Waals surface area contributed by atoms with Crippen molar-refractivity contribution in [2.75, 3.05) is 44.2 Å². The van der Waals surface area contributed by atoms with Crippen LogP contribution in [-0.2, 0) is 0 Å². The first-order valence-electron chi connectivity index (χ1n) is 7.43. The van der Waals surface area contributed by atoms with E-state index in [-0.39, 0.29) is 6.61 Å². The molecule has 1 fully saturated rings. The van der Waals surface area contributed by atoms with Crippen LogP contribution in [0.1, 0.15) is 0 Å². The molecule has 0 atom stereocenters. The van der Waals surface area contributed by atoms with Crippen molar-refractivity contribution in [3.8, 4) is 0 Å². The lowest BCUT2D eigenvalue weighted by molar-refractivity contribution is 0.188. The molecule has 0 spiro atoms. The minimum Gasteiger partial charge on any atom is -0.395 e. The Bertz CT molecular complexity index is 797. The van der Waals surface area contributed by atoms with E-state index in [0.29, 0.717) is 0 Å². The van der Waals surface area contributed by atoms with Gasteiger partial charge in [0.25, 0.3) is 0 Å². The molecular weight excluding hydrogens is 298 g/mol. The average Bonchev–Trinajstić information content (AvgIpc) is 2.95. The van der Waals surface area contributed by atoms with E-state index in [9.17, 15) is 0 Å². The molecule has 1 aliphatic rings. The molecular formula is C15H17N5OS. The minimum atomic E-state index is 0.222. The Balaban J connectivity index is 1.70. The third kappa shape index (κ3) is 2.31. The number of hydrogen-bond acceptors (Lipinski definition) is 7. The van der Waals surface area contributed by atoms with Gasteiger partial charge in [-0.3, -0.25) is 4.90 Å². The Hall–Kier alpha value is -1.83. The molecule has 0 amide bonds. The molecule has 0 aliphatic carbocycles. The van der Waals surface area contributed by atoms with Crippen molar-refractivity contribution < 1.29 is 5.11 Å². The minimum absolute atomic E-state index is 0.222. The standard InChI is InChI=1S/C15H17N5OS/c21-9-8-19-4-6-20(7-5-19)14-13-12(17-10-18-14)11-2-1-3-16-15(11)22-13/h1-3,10,21H,4-9H2. The summed E-state index contributed by atoms with van der Waals surface area (Å²) in [7, 11) is 0. The number of anilines is 1. The van der Waals surface area contributed by atoms with Gasteiger partial charge in [-0.25, -0.2) is 15.0 Å². The second kappa shape index (κ2) is 5.75. The molecule has 0 unspecified atom stereocenters. The quantitative estimate of drug-likeness (QED) is 0.787. The van der Waals surface area contributed by atoms with Crippen molar-refractivity contribution in [2.45, 2.75) is 0 Å². The zero-order chi connectivity index (χ0) is 14.9. The molecule has 114 valence electrons. The van der Waals surface area contributed by atoms with Crippen LogP contribution in [0, 0.1) is 0 Å². The zero-order valence-corrected chi connectivity index (χ0v) is 13.0. The first kappa shape index (κ1) is 13.8. The highest BCUT2D eigenvalue weighted by molar-refractivity contribution is 7.25. The van der Waals surface area contributed by atoms with Crippen molar-refractivity contribution in [1.82, 2.24) is 19.9 Å². The van der Waals surface area contributed by atoms with Gasteiger partial charge in [0.05, 0.1) is 16.8 Å². The molecule has 0 bridgehead atoms. The summed E-state index contributed by atoms with van der Waals surface area (Å²) in [6.07, 6.45) is 3.47. The summed E-state index contributed by atoms with van der Waals surface area (Å²) in [6.45, 7) is 4.73. The lowest BCUT2D eigenvalue weighted by Gasteiger charge is -2.35. The van der Waals surface area contributed by atoms with Crippen LogP contribution < -0.4 is 4.90 Å². The maximum Gasteiger partial charge on any atom is 0.150 e. The van der Waals surface area contributed by atoms with Crippen LogP contribution >= 0.6 is 11.3 Å². The lowest BCUT2D eigenvalue weighted by atomic mass is 10.2. The number of thiophene rings is 1. The largest absolute Gasteiger partial charge is 0.395 e. The highest BCUT2D eigenvalue weighted by Crippen LogP contribution is 2.36. The van der Waals surface area contributed by atoms with E-state index >= 15 is 0 Å². The maximum absolute atomic E-state index is 9.04. The summed E-state index contributed by atoms with van der Waals surface area (Å²) >= 11 is 1.66. The van der Waals surface area contributed by atoms with Gasteiger partial charge in [0, 0.05) is 44.3 Å². The van der Waals surface area contributed by atoms with E-state index in [1.807, 2.05) is 12.3 Å². The van der Waals surface area contributed by atoms with Crippen molar-refractivity contribution in [1.29, 1.82) is 0 Å². The van der Waals surface area contributed by atoms with Crippen LogP contribution in [0.4, 0.5) is 5.82 Å². The van der Waals surface area contributed by atoms with Crippen LogP contribution in [0.25, 0.3) is 20.4 Å². The van der Waals surface area contributed by atoms with Gasteiger partial charge in [-0.15, -0.1) is 11.3 Å². The highest BCUT2D eigenvalue weighted by atomic mass is 32.1. The third-order valence-corrected chi connectivity index (χ3v) is 5.20. The maximum atomic E-state index is 9.04. The number of aliphatic hydroxyl groups is 1. The number of aromatic nitrogens is 3. The Kier molecular flexibility index (Phi) is 3.61. The molecule has 1 saturated heterocycles. The van der Waals surface area contributed by atoms with E-state index in [1.54, 1.807) is 17.7 Å². The van der Waals surface area contributed by atoms with Gasteiger partial charge in [0.2, 0.25) is 0 Å². The molecule has 0 saturated carbocycles. The monoisotopic (exact) mass is 315 g/mol. The van der Waals surface area contributed by atoms with Gasteiger partial charge in [-0.1, -0.05) is 0 Å². The van der Waals surface area contributed by atoms with E-state index in [4.69, 9.17) is 5.11 Å². The summed E-state index contributed by atoms with van der Waals surface area (Å²) in [5.74, 6) is 1.01. The Morgan fingerprint density at radius 3 is 2.82 bits per heavy atom. The van der Waals surface area contributed by atoms with E-state index in [1.165, 1.54) is 0 Å². The molecule has 1 aliphatic heterocycles. The van der Waals surface area contributed by atoms with Crippen molar-refractivity contribution in [3.05, 3.63) is 24.7 Å². The second-order valence-corrected chi connectivity index (χ2v) is 6.38. The molecule has 22 heavy (non-hydrogen) atoms. The van der Waals surface area contributed by atoms with Crippen LogP contribution in [0.3, 0.4) is 0 Å². The summed E-state index contributed by atoms with van der Waals surface area (Å²) in [5.41, 5.74) is 0.996. The molecule has 0 aromatic carbocycles. The normalized spacial score (nSPS) is 16.7. The predicted octanol–water partition coefficient (Wildman–Crippen LogP) is 1.35. The number of nitrogens with zero attached hydrogens (tertiary/aromatic N) is 5. The molecule has 1 N–H and O–H groups in total. The Labute approximate surface area is 132 Å². The number of piperazine rings is 1. The molecule has 7 heteroatoms. The molecule has 4 heterocycles. The SMILES string of the molecule is OCCN1CCN(c2ncnc3c2sc2ncccc23)CC1. The number of aliphatic hydroxyl groups excluding tert-OH is 1. The summed E-state index contributed by atoms with van der Waals surface area (Å²) < 4.78 is 1.12. The second-order valence-electron chi connectivity index (χ2n) is 5.39. The van der Waals surface area contributed by atoms with Gasteiger partial charge < -0.3 is 10.0 Å². The number of rotatable bonds is 3. The lowest BCUT2D eigenvalue weighted by Crippen LogP contribution is -2.47. The van der Waals surface area contributed by atoms with Crippen molar-refractivity contribution in [3.63, 3.8) is 0 Å². The van der Waals surface area contributed by atoms with Crippen molar-refractivity contribution in [2.24, 2.45) is 0 Å². The van der Waals surface area contributed by atoms with E-state index in [0.717, 1.165) is 59.0 Å². The molecule has 6 nitrogen and oxygen atoms in total. The first-order chi connectivity index (χ1) is 10.9. The fourth-order valence-corrected chi connectivity index (χ4v) is 4.06. The van der Waals surface area contributed by atoms with E-state index < -0.39 is 0 Å². The summed E-state index contributed by atoms with van der Waals surface area (Å²) in [6, 6.07) is 4.01. The predicted molar refractivity (Wildman–Crippen MR) is 88.5 cm³/mol. The number of pyridine rings is 1. The topological polar surface area (TPSA) is 65.4 Å². The first-order valence-corrected chi connectivity index (χ1v) is 8.25. The van der Waals surface area contributed by atoms with Gasteiger partial charge in [0.15, 0.2) is 0 Å². The fraction of sp³-hybridized carbons (Fsp3) is 0.400. The van der Waals surface area contributed by atoms with Crippen molar-refractivity contribution >= 4 is 37.6 Å². The molecule has 0 radical (unpaired) electrons. The number of hydrogen-bond donors (Lipinski definition) is 1. The summed E-state index contributed by atoms with van der Waals surface area (Å²) in [4.78, 5) is 19.0. The average molecular weight is 315 g/mol. The Morgan fingerprint density at radius 1 is 1.14 bits per heavy atom. The van der Waals surface area contributed by atoms with Crippen LogP contribution in [0.5, 0.6) is 0 Å². The van der Waals surface area contributed by atoms with Gasteiger partial charge >= 0.3 is 0 Å². The molecule has 3 aromatic heterocycles. The van der Waals surface area contributed by atoms with E-state index in [2.05, 4.69) is 30.8 Å². The van der Waals surface area contributed by atoms with Gasteiger partial charge in [0.1, 0.15) is 17.0 Å². The van der Waals surface area contributed by atoms with Crippen LogP contribution in [0.15, 0.2) is 24.7 Å². The zero-order valence-electron chi connectivity index (χ0n) is 12.1. The molecule has 3 aromatic rings. The summed E-state index contributed by atoms with van der Waals surface area (Å²) in [5, 5.41) is 10.1. The fourth-order valence-electron chi connectivity index (χ4n) is 2.95. The van der Waals surface area contributed by atoms with Gasteiger partial charge in [-0.2, -0.15) is 0 Å².